The minimum atomic E-state index is 0.0603. The smallest absolute Gasteiger partial charge is 0.186 e. The number of halogens is 1. The van der Waals surface area contributed by atoms with Crippen molar-refractivity contribution in [2.24, 2.45) is 5.10 Å². The summed E-state index contributed by atoms with van der Waals surface area (Å²) in [6.45, 7) is 6.72. The maximum Gasteiger partial charge on any atom is 0.186 e. The molecule has 0 heterocycles. The van der Waals surface area contributed by atoms with Crippen LogP contribution in [0, 0.1) is 0 Å². The Kier molecular flexibility index (Phi) is 7.98. The number of thiocarbonyl (C=S) groups is 1. The van der Waals surface area contributed by atoms with Crippen LogP contribution in [-0.4, -0.2) is 31.1 Å². The molecule has 0 fully saturated rings. The average molecular weight is 344 g/mol. The second-order valence-corrected chi connectivity index (χ2v) is 5.42. The van der Waals surface area contributed by atoms with E-state index in [-0.39, 0.29) is 6.10 Å². The van der Waals surface area contributed by atoms with Crippen LogP contribution in [0.4, 0.5) is 0 Å². The van der Waals surface area contributed by atoms with Crippen molar-refractivity contribution < 1.29 is 9.47 Å². The average Bonchev–Trinajstić information content (AvgIpc) is 2.49. The van der Waals surface area contributed by atoms with Gasteiger partial charge in [0.05, 0.1) is 24.5 Å². The monoisotopic (exact) mass is 343 g/mol. The fourth-order valence-electron chi connectivity index (χ4n) is 1.58. The van der Waals surface area contributed by atoms with Crippen molar-refractivity contribution in [2.45, 2.75) is 33.3 Å². The molecule has 2 N–H and O–H groups in total. The molecule has 0 unspecified atom stereocenters. The normalized spacial score (nSPS) is 12.0. The summed E-state index contributed by atoms with van der Waals surface area (Å²) in [7, 11) is 1.58. The zero-order valence-electron chi connectivity index (χ0n) is 13.3. The van der Waals surface area contributed by atoms with E-state index in [1.807, 2.05) is 26.8 Å². The standard InChI is InChI=1S/C15H22ClN3O2S/c1-5-10(3)21-14-12(16)7-11(8-13(14)20-4)9-18-19-15(22)17-6-2/h7-10H,5-6H2,1-4H3,(H2,17,19,22)/b18-9-/t10-/m0/s1. The van der Waals surface area contributed by atoms with Crippen molar-refractivity contribution in [3.8, 4) is 11.5 Å². The van der Waals surface area contributed by atoms with Gasteiger partial charge in [-0.2, -0.15) is 5.10 Å². The van der Waals surface area contributed by atoms with E-state index in [1.54, 1.807) is 19.4 Å². The van der Waals surface area contributed by atoms with E-state index < -0.39 is 0 Å². The van der Waals surface area contributed by atoms with Crippen LogP contribution < -0.4 is 20.2 Å². The van der Waals surface area contributed by atoms with Gasteiger partial charge in [0, 0.05) is 6.54 Å². The van der Waals surface area contributed by atoms with E-state index in [1.165, 1.54) is 0 Å². The maximum absolute atomic E-state index is 6.28. The molecule has 1 aromatic rings. The molecular weight excluding hydrogens is 322 g/mol. The van der Waals surface area contributed by atoms with Gasteiger partial charge in [-0.1, -0.05) is 18.5 Å². The van der Waals surface area contributed by atoms with Crippen LogP contribution in [0.2, 0.25) is 5.02 Å². The van der Waals surface area contributed by atoms with Crippen molar-refractivity contribution in [1.29, 1.82) is 0 Å². The number of benzene rings is 1. The third-order valence-corrected chi connectivity index (χ3v) is 3.38. The highest BCUT2D eigenvalue weighted by Gasteiger charge is 2.13. The maximum atomic E-state index is 6.28. The molecule has 0 aliphatic carbocycles. The Morgan fingerprint density at radius 2 is 2.18 bits per heavy atom. The predicted octanol–water partition coefficient (Wildman–Crippen LogP) is 3.34. The highest BCUT2D eigenvalue weighted by atomic mass is 35.5. The van der Waals surface area contributed by atoms with E-state index in [9.17, 15) is 0 Å². The van der Waals surface area contributed by atoms with Crippen molar-refractivity contribution in [3.63, 3.8) is 0 Å². The molecule has 0 spiro atoms. The first-order valence-corrected chi connectivity index (χ1v) is 7.91. The third-order valence-electron chi connectivity index (χ3n) is 2.86. The van der Waals surface area contributed by atoms with E-state index in [0.717, 1.165) is 18.5 Å². The second kappa shape index (κ2) is 9.48. The zero-order valence-corrected chi connectivity index (χ0v) is 14.8. The SMILES string of the molecule is CCNC(=S)N/N=C\c1cc(Cl)c(O[C@@H](C)CC)c(OC)c1. The number of methoxy groups -OCH3 is 1. The number of nitrogens with zero attached hydrogens (tertiary/aromatic N) is 1. The van der Waals surface area contributed by atoms with Crippen molar-refractivity contribution >= 4 is 35.1 Å². The number of rotatable bonds is 7. The van der Waals surface area contributed by atoms with Crippen LogP contribution in [0.15, 0.2) is 17.2 Å². The Bertz CT molecular complexity index is 538. The molecular formula is C15H22ClN3O2S. The number of nitrogens with one attached hydrogen (secondary N) is 2. The fraction of sp³-hybridized carbons (Fsp3) is 0.467. The highest BCUT2D eigenvalue weighted by Crippen LogP contribution is 2.36. The molecule has 0 bridgehead atoms. The van der Waals surface area contributed by atoms with E-state index >= 15 is 0 Å². The Morgan fingerprint density at radius 3 is 2.77 bits per heavy atom. The van der Waals surface area contributed by atoms with Crippen LogP contribution in [0.3, 0.4) is 0 Å². The van der Waals surface area contributed by atoms with Crippen LogP contribution in [0.25, 0.3) is 0 Å². The summed E-state index contributed by atoms with van der Waals surface area (Å²) < 4.78 is 11.1. The zero-order chi connectivity index (χ0) is 16.5. The third kappa shape index (κ3) is 5.69. The fourth-order valence-corrected chi connectivity index (χ4v) is 2.04. The van der Waals surface area contributed by atoms with Gasteiger partial charge in [0.2, 0.25) is 0 Å². The summed E-state index contributed by atoms with van der Waals surface area (Å²) in [6, 6.07) is 3.58. The molecule has 22 heavy (non-hydrogen) atoms. The predicted molar refractivity (Wildman–Crippen MR) is 95.4 cm³/mol. The van der Waals surface area contributed by atoms with Gasteiger partial charge in [-0.3, -0.25) is 5.43 Å². The molecule has 5 nitrogen and oxygen atoms in total. The number of hydrazone groups is 1. The Morgan fingerprint density at radius 1 is 1.45 bits per heavy atom. The van der Waals surface area contributed by atoms with Crippen molar-refractivity contribution in [3.05, 3.63) is 22.7 Å². The van der Waals surface area contributed by atoms with Crippen LogP contribution in [-0.2, 0) is 0 Å². The molecule has 0 aromatic heterocycles. The summed E-state index contributed by atoms with van der Waals surface area (Å²) in [6.07, 6.45) is 2.56. The van der Waals surface area contributed by atoms with Gasteiger partial charge in [-0.15, -0.1) is 0 Å². The largest absolute Gasteiger partial charge is 0.493 e. The summed E-state index contributed by atoms with van der Waals surface area (Å²) in [4.78, 5) is 0. The van der Waals surface area contributed by atoms with Gasteiger partial charge in [0.25, 0.3) is 0 Å². The van der Waals surface area contributed by atoms with Crippen LogP contribution >= 0.6 is 23.8 Å². The van der Waals surface area contributed by atoms with E-state index in [2.05, 4.69) is 15.8 Å². The van der Waals surface area contributed by atoms with Gasteiger partial charge >= 0.3 is 0 Å². The lowest BCUT2D eigenvalue weighted by Crippen LogP contribution is -2.31. The number of hydrogen-bond donors (Lipinski definition) is 2. The highest BCUT2D eigenvalue weighted by molar-refractivity contribution is 7.80. The Balaban J connectivity index is 2.88. The molecule has 1 atom stereocenters. The first-order valence-electron chi connectivity index (χ1n) is 7.12. The van der Waals surface area contributed by atoms with Crippen molar-refractivity contribution in [2.75, 3.05) is 13.7 Å². The number of ether oxygens (including phenoxy) is 2. The minimum Gasteiger partial charge on any atom is -0.493 e. The number of hydrogen-bond acceptors (Lipinski definition) is 4. The lowest BCUT2D eigenvalue weighted by atomic mass is 10.2. The van der Waals surface area contributed by atoms with Gasteiger partial charge in [0.1, 0.15) is 0 Å². The van der Waals surface area contributed by atoms with Gasteiger partial charge in [-0.25, -0.2) is 0 Å². The summed E-state index contributed by atoms with van der Waals surface area (Å²) in [5.74, 6) is 1.12. The summed E-state index contributed by atoms with van der Waals surface area (Å²) >= 11 is 11.3. The van der Waals surface area contributed by atoms with Gasteiger partial charge in [0.15, 0.2) is 16.6 Å². The molecule has 1 rings (SSSR count). The molecule has 0 aliphatic heterocycles. The molecule has 0 saturated carbocycles. The molecule has 122 valence electrons. The molecule has 0 aliphatic rings. The molecule has 0 radical (unpaired) electrons. The first-order chi connectivity index (χ1) is 10.5. The van der Waals surface area contributed by atoms with Crippen molar-refractivity contribution in [1.82, 2.24) is 10.7 Å². The summed E-state index contributed by atoms with van der Waals surface area (Å²) in [5.41, 5.74) is 3.50. The second-order valence-electron chi connectivity index (χ2n) is 4.60. The molecule has 0 amide bonds. The molecule has 1 aromatic carbocycles. The van der Waals surface area contributed by atoms with Crippen LogP contribution in [0.5, 0.6) is 11.5 Å². The van der Waals surface area contributed by atoms with Crippen LogP contribution in [0.1, 0.15) is 32.8 Å². The quantitative estimate of drug-likeness (QED) is 0.452. The Hall–Kier alpha value is -1.53. The van der Waals surface area contributed by atoms with E-state index in [4.69, 9.17) is 33.3 Å². The molecule has 7 heteroatoms. The topological polar surface area (TPSA) is 54.9 Å². The van der Waals surface area contributed by atoms with Gasteiger partial charge < -0.3 is 14.8 Å². The lowest BCUT2D eigenvalue weighted by Gasteiger charge is -2.17. The minimum absolute atomic E-state index is 0.0603. The molecule has 0 saturated heterocycles. The van der Waals surface area contributed by atoms with E-state index in [0.29, 0.717) is 21.6 Å². The first kappa shape index (κ1) is 18.5. The Labute approximate surface area is 142 Å². The van der Waals surface area contributed by atoms with Gasteiger partial charge in [-0.05, 0) is 50.2 Å². The summed E-state index contributed by atoms with van der Waals surface area (Å²) in [5, 5.41) is 7.94. The lowest BCUT2D eigenvalue weighted by molar-refractivity contribution is 0.208.